The fraction of sp³-hybridized carbons (Fsp3) is 0.467. The number of sulfone groups is 1. The Hall–Kier alpha value is -1.34. The lowest BCUT2D eigenvalue weighted by Crippen LogP contribution is -2.09. The van der Waals surface area contributed by atoms with E-state index in [2.05, 4.69) is 21.7 Å². The summed E-state index contributed by atoms with van der Waals surface area (Å²) in [5, 5.41) is 9.31. The van der Waals surface area contributed by atoms with Crippen molar-refractivity contribution < 1.29 is 8.42 Å². The van der Waals surface area contributed by atoms with E-state index < -0.39 is 9.84 Å². The number of hydrogen-bond donors (Lipinski definition) is 0. The standard InChI is InChI=1S/C15H19N3O2S2/c1-2-18-14(12-8-9-12)16-17-15(18)21-10-11-22(19,20)13-6-4-3-5-7-13/h3-7,12H,2,8-11H2,1H3. The predicted octanol–water partition coefficient (Wildman–Crippen LogP) is 2.74. The monoisotopic (exact) mass is 337 g/mol. The molecule has 7 heteroatoms. The lowest BCUT2D eigenvalue weighted by atomic mass is 10.4. The summed E-state index contributed by atoms with van der Waals surface area (Å²) >= 11 is 1.47. The molecule has 1 heterocycles. The Bertz CT molecular complexity index is 737. The summed E-state index contributed by atoms with van der Waals surface area (Å²) in [6.07, 6.45) is 2.37. The fourth-order valence-corrected chi connectivity index (χ4v) is 5.01. The maximum atomic E-state index is 12.2. The molecule has 2 aromatic rings. The Morgan fingerprint density at radius 2 is 1.95 bits per heavy atom. The Morgan fingerprint density at radius 1 is 1.23 bits per heavy atom. The Balaban J connectivity index is 1.64. The molecule has 3 rings (SSSR count). The highest BCUT2D eigenvalue weighted by atomic mass is 32.2. The van der Waals surface area contributed by atoms with Crippen molar-refractivity contribution in [2.45, 2.75) is 42.3 Å². The van der Waals surface area contributed by atoms with Gasteiger partial charge in [-0.05, 0) is 31.9 Å². The summed E-state index contributed by atoms with van der Waals surface area (Å²) in [7, 11) is -3.23. The zero-order valence-corrected chi connectivity index (χ0v) is 14.1. The first-order valence-corrected chi connectivity index (χ1v) is 10.1. The summed E-state index contributed by atoms with van der Waals surface area (Å²) in [6, 6.07) is 8.59. The lowest BCUT2D eigenvalue weighted by Gasteiger charge is -2.07. The first-order valence-electron chi connectivity index (χ1n) is 7.45. The van der Waals surface area contributed by atoms with E-state index in [0.717, 1.165) is 17.5 Å². The van der Waals surface area contributed by atoms with Gasteiger partial charge in [-0.1, -0.05) is 30.0 Å². The van der Waals surface area contributed by atoms with E-state index in [1.54, 1.807) is 24.3 Å². The highest BCUT2D eigenvalue weighted by molar-refractivity contribution is 8.00. The maximum absolute atomic E-state index is 12.2. The van der Waals surface area contributed by atoms with E-state index in [9.17, 15) is 8.42 Å². The number of aromatic nitrogens is 3. The molecule has 1 aliphatic rings. The smallest absolute Gasteiger partial charge is 0.191 e. The fourth-order valence-electron chi connectivity index (χ4n) is 2.34. The Labute approximate surface area is 135 Å². The molecule has 0 aliphatic heterocycles. The minimum atomic E-state index is -3.23. The summed E-state index contributed by atoms with van der Waals surface area (Å²) < 4.78 is 26.6. The van der Waals surface area contributed by atoms with E-state index in [-0.39, 0.29) is 5.75 Å². The second-order valence-electron chi connectivity index (χ2n) is 5.34. The van der Waals surface area contributed by atoms with Gasteiger partial charge >= 0.3 is 0 Å². The van der Waals surface area contributed by atoms with Crippen molar-refractivity contribution in [2.75, 3.05) is 11.5 Å². The average molecular weight is 337 g/mol. The third kappa shape index (κ3) is 3.35. The van der Waals surface area contributed by atoms with E-state index >= 15 is 0 Å². The summed E-state index contributed by atoms with van der Waals surface area (Å²) in [5.74, 6) is 2.20. The quantitative estimate of drug-likeness (QED) is 0.727. The molecule has 1 aromatic carbocycles. The number of nitrogens with zero attached hydrogens (tertiary/aromatic N) is 3. The molecule has 0 spiro atoms. The van der Waals surface area contributed by atoms with Gasteiger partial charge in [-0.25, -0.2) is 8.42 Å². The molecule has 0 bridgehead atoms. The summed E-state index contributed by atoms with van der Waals surface area (Å²) in [4.78, 5) is 0.381. The first-order chi connectivity index (χ1) is 10.6. The number of benzene rings is 1. The first kappa shape index (κ1) is 15.6. The molecule has 0 amide bonds. The second kappa shape index (κ2) is 6.42. The van der Waals surface area contributed by atoms with Crippen molar-refractivity contribution in [3.8, 4) is 0 Å². The van der Waals surface area contributed by atoms with Gasteiger partial charge in [0, 0.05) is 18.2 Å². The van der Waals surface area contributed by atoms with E-state index in [0.29, 0.717) is 16.6 Å². The van der Waals surface area contributed by atoms with Gasteiger partial charge in [0.2, 0.25) is 0 Å². The summed E-state index contributed by atoms with van der Waals surface area (Å²) in [6.45, 7) is 2.90. The molecule has 0 radical (unpaired) electrons. The van der Waals surface area contributed by atoms with Crippen molar-refractivity contribution >= 4 is 21.6 Å². The normalized spacial score (nSPS) is 15.1. The predicted molar refractivity (Wildman–Crippen MR) is 86.9 cm³/mol. The number of rotatable bonds is 7. The van der Waals surface area contributed by atoms with Gasteiger partial charge in [0.15, 0.2) is 15.0 Å². The number of hydrogen-bond acceptors (Lipinski definition) is 5. The van der Waals surface area contributed by atoms with Crippen molar-refractivity contribution in [1.29, 1.82) is 0 Å². The zero-order chi connectivity index (χ0) is 15.6. The van der Waals surface area contributed by atoms with Gasteiger partial charge in [0.1, 0.15) is 5.82 Å². The van der Waals surface area contributed by atoms with Crippen molar-refractivity contribution in [1.82, 2.24) is 14.8 Å². The van der Waals surface area contributed by atoms with E-state index in [4.69, 9.17) is 0 Å². The van der Waals surface area contributed by atoms with Gasteiger partial charge in [-0.15, -0.1) is 10.2 Å². The van der Waals surface area contributed by atoms with Gasteiger partial charge in [-0.3, -0.25) is 0 Å². The van der Waals surface area contributed by atoms with E-state index in [1.807, 2.05) is 6.07 Å². The van der Waals surface area contributed by atoms with Crippen LogP contribution in [-0.2, 0) is 16.4 Å². The third-order valence-corrected chi connectivity index (χ3v) is 6.65. The molecular weight excluding hydrogens is 318 g/mol. The largest absolute Gasteiger partial charge is 0.306 e. The van der Waals surface area contributed by atoms with Crippen LogP contribution < -0.4 is 0 Å². The second-order valence-corrected chi connectivity index (χ2v) is 8.51. The SMILES string of the molecule is CCn1c(SCCS(=O)(=O)c2ccccc2)nnc1C1CC1. The molecule has 0 atom stereocenters. The van der Waals surface area contributed by atoms with Gasteiger partial charge < -0.3 is 4.57 Å². The van der Waals surface area contributed by atoms with Crippen LogP contribution in [0.2, 0.25) is 0 Å². The van der Waals surface area contributed by atoms with Crippen molar-refractivity contribution in [2.24, 2.45) is 0 Å². The van der Waals surface area contributed by atoms with Gasteiger partial charge in [0.25, 0.3) is 0 Å². The molecule has 118 valence electrons. The Morgan fingerprint density at radius 3 is 2.59 bits per heavy atom. The molecule has 22 heavy (non-hydrogen) atoms. The van der Waals surface area contributed by atoms with Gasteiger partial charge in [-0.2, -0.15) is 0 Å². The van der Waals surface area contributed by atoms with E-state index in [1.165, 1.54) is 24.6 Å². The van der Waals surface area contributed by atoms with Crippen LogP contribution in [0.5, 0.6) is 0 Å². The molecule has 0 unspecified atom stereocenters. The van der Waals surface area contributed by atoms with Crippen LogP contribution in [0.1, 0.15) is 31.5 Å². The molecular formula is C15H19N3O2S2. The third-order valence-electron chi connectivity index (χ3n) is 3.69. The molecule has 5 nitrogen and oxygen atoms in total. The number of thioether (sulfide) groups is 1. The molecule has 0 saturated heterocycles. The molecule has 1 aliphatic carbocycles. The van der Waals surface area contributed by atoms with Gasteiger partial charge in [0.05, 0.1) is 10.6 Å². The highest BCUT2D eigenvalue weighted by Crippen LogP contribution is 2.39. The lowest BCUT2D eigenvalue weighted by molar-refractivity contribution is 0.597. The molecule has 1 saturated carbocycles. The Kier molecular flexibility index (Phi) is 4.54. The van der Waals surface area contributed by atoms with Crippen molar-refractivity contribution in [3.05, 3.63) is 36.2 Å². The minimum Gasteiger partial charge on any atom is -0.306 e. The molecule has 1 fully saturated rings. The zero-order valence-electron chi connectivity index (χ0n) is 12.5. The summed E-state index contributed by atoms with van der Waals surface area (Å²) in [5.41, 5.74) is 0. The van der Waals surface area contributed by atoms with Crippen LogP contribution in [-0.4, -0.2) is 34.7 Å². The minimum absolute atomic E-state index is 0.108. The van der Waals surface area contributed by atoms with Crippen LogP contribution in [0.25, 0.3) is 0 Å². The maximum Gasteiger partial charge on any atom is 0.191 e. The van der Waals surface area contributed by atoms with Crippen LogP contribution >= 0.6 is 11.8 Å². The topological polar surface area (TPSA) is 64.8 Å². The van der Waals surface area contributed by atoms with Crippen LogP contribution in [0.3, 0.4) is 0 Å². The highest BCUT2D eigenvalue weighted by Gasteiger charge is 2.30. The van der Waals surface area contributed by atoms with Crippen LogP contribution in [0, 0.1) is 0 Å². The average Bonchev–Trinajstić information content (AvgIpc) is 3.29. The van der Waals surface area contributed by atoms with Crippen molar-refractivity contribution in [3.63, 3.8) is 0 Å². The van der Waals surface area contributed by atoms with Crippen LogP contribution in [0.15, 0.2) is 40.4 Å². The molecule has 0 N–H and O–H groups in total. The molecule has 1 aromatic heterocycles. The van der Waals surface area contributed by atoms with Crippen LogP contribution in [0.4, 0.5) is 0 Å².